The lowest BCUT2D eigenvalue weighted by Crippen LogP contribution is -2.47. The predicted molar refractivity (Wildman–Crippen MR) is 111 cm³/mol. The molecule has 4 saturated carbocycles. The lowest BCUT2D eigenvalue weighted by Gasteiger charge is -2.56. The molecule has 0 unspecified atom stereocenters. The second-order valence-electron chi connectivity index (χ2n) is 9.31. The van der Waals surface area contributed by atoms with Crippen LogP contribution in [-0.4, -0.2) is 25.7 Å². The van der Waals surface area contributed by atoms with Crippen LogP contribution in [0.2, 0.25) is 0 Å². The maximum absolute atomic E-state index is 12.5. The van der Waals surface area contributed by atoms with Crippen molar-refractivity contribution < 1.29 is 4.79 Å². The molecule has 1 amide bonds. The number of benzene rings is 1. The van der Waals surface area contributed by atoms with Crippen LogP contribution in [0.15, 0.2) is 29.4 Å². The van der Waals surface area contributed by atoms with E-state index in [1.54, 1.807) is 6.21 Å². The van der Waals surface area contributed by atoms with Gasteiger partial charge in [-0.1, -0.05) is 12.1 Å². The van der Waals surface area contributed by atoms with Gasteiger partial charge in [0.15, 0.2) is 0 Å². The number of carbonyl (C=O) groups is 1. The molecule has 5 rings (SSSR count). The van der Waals surface area contributed by atoms with Gasteiger partial charge in [0.25, 0.3) is 0 Å². The number of rotatable bonds is 7. The van der Waals surface area contributed by atoms with Crippen LogP contribution in [-0.2, 0) is 4.79 Å². The summed E-state index contributed by atoms with van der Waals surface area (Å²) in [4.78, 5) is 14.6. The van der Waals surface area contributed by atoms with Gasteiger partial charge in [-0.15, -0.1) is 0 Å². The Bertz CT molecular complexity index is 742. The van der Waals surface area contributed by atoms with Crippen LogP contribution in [0.25, 0.3) is 0 Å². The van der Waals surface area contributed by atoms with Crippen molar-refractivity contribution in [2.45, 2.75) is 51.4 Å². The van der Waals surface area contributed by atoms with Crippen molar-refractivity contribution in [1.82, 2.24) is 5.43 Å². The van der Waals surface area contributed by atoms with Crippen molar-refractivity contribution >= 4 is 17.8 Å². The summed E-state index contributed by atoms with van der Waals surface area (Å²) in [5.74, 6) is 2.66. The summed E-state index contributed by atoms with van der Waals surface area (Å²) in [7, 11) is 1.98. The van der Waals surface area contributed by atoms with Crippen LogP contribution >= 0.6 is 0 Å². The van der Waals surface area contributed by atoms with E-state index in [9.17, 15) is 4.79 Å². The molecule has 28 heavy (non-hydrogen) atoms. The average molecular weight is 379 g/mol. The minimum absolute atomic E-state index is 0.0612. The first-order valence-electron chi connectivity index (χ1n) is 10.6. The van der Waals surface area contributed by atoms with Crippen LogP contribution in [0, 0.1) is 34.5 Å². The molecule has 4 fully saturated rings. The molecule has 4 aliphatic carbocycles. The van der Waals surface area contributed by atoms with Gasteiger partial charge >= 0.3 is 0 Å². The summed E-state index contributed by atoms with van der Waals surface area (Å²) < 4.78 is 0. The molecule has 5 nitrogen and oxygen atoms in total. The zero-order valence-electron chi connectivity index (χ0n) is 16.7. The molecular weight excluding hydrogens is 348 g/mol. The molecule has 0 heterocycles. The van der Waals surface area contributed by atoms with E-state index in [1.165, 1.54) is 38.5 Å². The van der Waals surface area contributed by atoms with E-state index in [-0.39, 0.29) is 11.3 Å². The van der Waals surface area contributed by atoms with Crippen molar-refractivity contribution in [3.63, 3.8) is 0 Å². The molecule has 0 spiro atoms. The largest absolute Gasteiger partial charge is 0.374 e. The van der Waals surface area contributed by atoms with Gasteiger partial charge < -0.3 is 4.90 Å². The molecule has 0 saturated heterocycles. The monoisotopic (exact) mass is 378 g/mol. The highest BCUT2D eigenvalue weighted by Crippen LogP contribution is 2.61. The number of hydrogen-bond acceptors (Lipinski definition) is 4. The molecule has 148 valence electrons. The lowest BCUT2D eigenvalue weighted by atomic mass is 9.49. The number of hydrogen-bond donors (Lipinski definition) is 1. The zero-order chi connectivity index (χ0) is 19.6. The van der Waals surface area contributed by atoms with Crippen molar-refractivity contribution in [3.8, 4) is 6.07 Å². The number of carbonyl (C=O) groups excluding carboxylic acids is 1. The van der Waals surface area contributed by atoms with Gasteiger partial charge in [0.05, 0.1) is 18.7 Å². The highest BCUT2D eigenvalue weighted by Gasteiger charge is 2.51. The number of hydrazone groups is 1. The first kappa shape index (κ1) is 19.0. The molecule has 0 aromatic heterocycles. The predicted octanol–water partition coefficient (Wildman–Crippen LogP) is 4.09. The van der Waals surface area contributed by atoms with Gasteiger partial charge in [-0.3, -0.25) is 4.79 Å². The van der Waals surface area contributed by atoms with Crippen LogP contribution in [0.5, 0.6) is 0 Å². The van der Waals surface area contributed by atoms with E-state index in [0.29, 0.717) is 19.4 Å². The molecule has 1 N–H and O–H groups in total. The quantitative estimate of drug-likeness (QED) is 0.574. The third kappa shape index (κ3) is 4.22. The number of nitrogens with one attached hydrogen (secondary N) is 1. The smallest absolute Gasteiger partial charge is 0.240 e. The molecule has 0 aliphatic heterocycles. The first-order chi connectivity index (χ1) is 13.5. The maximum Gasteiger partial charge on any atom is 0.240 e. The van der Waals surface area contributed by atoms with Crippen LogP contribution < -0.4 is 10.3 Å². The average Bonchev–Trinajstić information content (AvgIpc) is 2.65. The number of amides is 1. The number of nitrogens with zero attached hydrogens (tertiary/aromatic N) is 3. The standard InChI is InChI=1S/C23H30N4O/c1-27(8-2-7-24)21-5-3-17(4-6-21)16-25-26-22(28)15-23-12-18-9-19(13-23)11-20(10-18)14-23/h3-6,16,18-20H,2,8-15H2,1H3,(H,26,28)/b25-16-. The van der Waals surface area contributed by atoms with Crippen LogP contribution in [0.3, 0.4) is 0 Å². The summed E-state index contributed by atoms with van der Waals surface area (Å²) in [6.45, 7) is 0.713. The van der Waals surface area contributed by atoms with Gasteiger partial charge in [0.1, 0.15) is 0 Å². The number of nitriles is 1. The Hall–Kier alpha value is -2.35. The Balaban J connectivity index is 1.28. The summed E-state index contributed by atoms with van der Waals surface area (Å²) in [6, 6.07) is 10.1. The summed E-state index contributed by atoms with van der Waals surface area (Å²) in [5.41, 5.74) is 5.03. The minimum atomic E-state index is 0.0612. The highest BCUT2D eigenvalue weighted by atomic mass is 16.2. The Labute approximate surface area is 167 Å². The van der Waals surface area contributed by atoms with E-state index in [4.69, 9.17) is 5.26 Å². The molecule has 5 heteroatoms. The van der Waals surface area contributed by atoms with E-state index in [2.05, 4.69) is 21.5 Å². The fourth-order valence-electron chi connectivity index (χ4n) is 6.23. The lowest BCUT2D eigenvalue weighted by molar-refractivity contribution is -0.129. The minimum Gasteiger partial charge on any atom is -0.374 e. The van der Waals surface area contributed by atoms with Gasteiger partial charge in [-0.2, -0.15) is 10.4 Å². The Kier molecular flexibility index (Phi) is 5.39. The van der Waals surface area contributed by atoms with Crippen molar-refractivity contribution in [3.05, 3.63) is 29.8 Å². The molecule has 4 aliphatic rings. The molecule has 0 radical (unpaired) electrons. The van der Waals surface area contributed by atoms with E-state index >= 15 is 0 Å². The van der Waals surface area contributed by atoms with Crippen LogP contribution in [0.1, 0.15) is 56.9 Å². The van der Waals surface area contributed by atoms with Gasteiger partial charge in [-0.05, 0) is 79.4 Å². The van der Waals surface area contributed by atoms with Crippen molar-refractivity contribution in [2.75, 3.05) is 18.5 Å². The molecule has 1 aromatic rings. The van der Waals surface area contributed by atoms with Crippen molar-refractivity contribution in [2.24, 2.45) is 28.3 Å². The molecular formula is C23H30N4O. The fraction of sp³-hybridized carbons (Fsp3) is 0.609. The van der Waals surface area contributed by atoms with E-state index < -0.39 is 0 Å². The highest BCUT2D eigenvalue weighted by molar-refractivity contribution is 5.83. The third-order valence-corrected chi connectivity index (χ3v) is 7.00. The third-order valence-electron chi connectivity index (χ3n) is 7.00. The SMILES string of the molecule is CN(CCC#N)c1ccc(/C=N\NC(=O)CC23CC4CC(CC(C4)C2)C3)cc1. The van der Waals surface area contributed by atoms with Crippen LogP contribution in [0.4, 0.5) is 5.69 Å². The van der Waals surface area contributed by atoms with E-state index in [0.717, 1.165) is 29.0 Å². The Morgan fingerprint density at radius 1 is 1.21 bits per heavy atom. The topological polar surface area (TPSA) is 68.5 Å². The normalized spacial score (nSPS) is 30.4. The zero-order valence-corrected chi connectivity index (χ0v) is 16.7. The second-order valence-corrected chi connectivity index (χ2v) is 9.31. The van der Waals surface area contributed by atoms with Crippen molar-refractivity contribution in [1.29, 1.82) is 5.26 Å². The summed E-state index contributed by atoms with van der Waals surface area (Å²) in [6.07, 6.45) is 10.8. The Morgan fingerprint density at radius 3 is 2.39 bits per heavy atom. The van der Waals surface area contributed by atoms with E-state index in [1.807, 2.05) is 31.3 Å². The summed E-state index contributed by atoms with van der Waals surface area (Å²) in [5, 5.41) is 12.9. The summed E-state index contributed by atoms with van der Waals surface area (Å²) >= 11 is 0. The van der Waals surface area contributed by atoms with Gasteiger partial charge in [0, 0.05) is 25.7 Å². The second kappa shape index (κ2) is 7.95. The maximum atomic E-state index is 12.5. The number of anilines is 1. The molecule has 0 atom stereocenters. The Morgan fingerprint density at radius 2 is 1.82 bits per heavy atom. The van der Waals surface area contributed by atoms with Gasteiger partial charge in [0.2, 0.25) is 5.91 Å². The fourth-order valence-corrected chi connectivity index (χ4v) is 6.23. The molecule has 1 aromatic carbocycles. The molecule has 4 bridgehead atoms. The first-order valence-corrected chi connectivity index (χ1v) is 10.6. The van der Waals surface area contributed by atoms with Gasteiger partial charge in [-0.25, -0.2) is 5.43 Å².